The largest absolute Gasteiger partial charge is 0.491 e. The third-order valence-corrected chi connectivity index (χ3v) is 2.59. The zero-order chi connectivity index (χ0) is 12.7. The molecule has 2 nitrogen and oxygen atoms in total. The lowest BCUT2D eigenvalue weighted by molar-refractivity contribution is -0.187. The van der Waals surface area contributed by atoms with E-state index in [0.29, 0.717) is 0 Å². The molecule has 0 saturated carbocycles. The fourth-order valence-electron chi connectivity index (χ4n) is 1.59. The van der Waals surface area contributed by atoms with Gasteiger partial charge in [-0.2, -0.15) is 13.2 Å². The highest BCUT2D eigenvalue weighted by atomic mass is 19.4. The van der Waals surface area contributed by atoms with Crippen LogP contribution in [0, 0.1) is 5.82 Å². The molecule has 0 N–H and O–H groups in total. The van der Waals surface area contributed by atoms with Gasteiger partial charge in [-0.15, -0.1) is 0 Å². The number of epoxide rings is 1. The molecule has 1 unspecified atom stereocenters. The van der Waals surface area contributed by atoms with E-state index < -0.39 is 24.2 Å². The van der Waals surface area contributed by atoms with Crippen molar-refractivity contribution in [2.45, 2.75) is 18.7 Å². The highest BCUT2D eigenvalue weighted by Gasteiger charge is 2.67. The Labute approximate surface area is 95.1 Å². The lowest BCUT2D eigenvalue weighted by atomic mass is 9.99. The Balaban J connectivity index is 2.33. The molecule has 0 bridgehead atoms. The molecule has 1 aromatic rings. The van der Waals surface area contributed by atoms with Gasteiger partial charge in [0.2, 0.25) is 5.60 Å². The maximum atomic E-state index is 13.4. The van der Waals surface area contributed by atoms with E-state index in [4.69, 9.17) is 4.74 Å². The van der Waals surface area contributed by atoms with E-state index in [2.05, 4.69) is 4.74 Å². The van der Waals surface area contributed by atoms with Gasteiger partial charge in [-0.3, -0.25) is 0 Å². The standard InChI is InChI=1S/C11H10F4O2/c1-2-16-9-4-3-7(5-8(9)12)10(6-17-10)11(13,14)15/h3-5H,2,6H2,1H3. The van der Waals surface area contributed by atoms with Crippen molar-refractivity contribution in [3.63, 3.8) is 0 Å². The minimum atomic E-state index is -4.54. The van der Waals surface area contributed by atoms with Gasteiger partial charge in [-0.1, -0.05) is 6.07 Å². The zero-order valence-corrected chi connectivity index (χ0v) is 8.97. The molecule has 1 saturated heterocycles. The van der Waals surface area contributed by atoms with E-state index in [-0.39, 0.29) is 17.9 Å². The predicted octanol–water partition coefficient (Wildman–Crippen LogP) is 3.01. The number of hydrogen-bond acceptors (Lipinski definition) is 2. The van der Waals surface area contributed by atoms with Crippen molar-refractivity contribution in [3.05, 3.63) is 29.6 Å². The van der Waals surface area contributed by atoms with Gasteiger partial charge in [-0.25, -0.2) is 4.39 Å². The van der Waals surface area contributed by atoms with Crippen molar-refractivity contribution >= 4 is 0 Å². The first-order valence-electron chi connectivity index (χ1n) is 5.04. The van der Waals surface area contributed by atoms with E-state index in [1.807, 2.05) is 0 Å². The molecule has 94 valence electrons. The third-order valence-electron chi connectivity index (χ3n) is 2.59. The quantitative estimate of drug-likeness (QED) is 0.607. The van der Waals surface area contributed by atoms with Crippen LogP contribution in [0.15, 0.2) is 18.2 Å². The molecule has 17 heavy (non-hydrogen) atoms. The van der Waals surface area contributed by atoms with Gasteiger partial charge in [0.05, 0.1) is 13.2 Å². The van der Waals surface area contributed by atoms with Gasteiger partial charge in [0.25, 0.3) is 0 Å². The average Bonchev–Trinajstić information content (AvgIpc) is 3.01. The molecular weight excluding hydrogens is 240 g/mol. The van der Waals surface area contributed by atoms with Crippen LogP contribution in [0.3, 0.4) is 0 Å². The minimum Gasteiger partial charge on any atom is -0.491 e. The van der Waals surface area contributed by atoms with Crippen molar-refractivity contribution < 1.29 is 27.0 Å². The van der Waals surface area contributed by atoms with Gasteiger partial charge in [0.15, 0.2) is 11.6 Å². The van der Waals surface area contributed by atoms with Crippen LogP contribution < -0.4 is 4.74 Å². The van der Waals surface area contributed by atoms with Crippen molar-refractivity contribution in [1.82, 2.24) is 0 Å². The van der Waals surface area contributed by atoms with E-state index >= 15 is 0 Å². The molecule has 0 aliphatic carbocycles. The Morgan fingerprint density at radius 1 is 1.41 bits per heavy atom. The fraction of sp³-hybridized carbons (Fsp3) is 0.455. The van der Waals surface area contributed by atoms with Crippen LogP contribution in [-0.2, 0) is 10.3 Å². The number of halogens is 4. The molecule has 1 aliphatic heterocycles. The third kappa shape index (κ3) is 1.97. The number of rotatable bonds is 3. The molecule has 1 atom stereocenters. The molecule has 1 heterocycles. The Morgan fingerprint density at radius 2 is 2.06 bits per heavy atom. The normalized spacial score (nSPS) is 23.6. The average molecular weight is 250 g/mol. The first kappa shape index (κ1) is 12.2. The van der Waals surface area contributed by atoms with Crippen molar-refractivity contribution in [2.24, 2.45) is 0 Å². The van der Waals surface area contributed by atoms with Gasteiger partial charge in [0.1, 0.15) is 0 Å². The summed E-state index contributed by atoms with van der Waals surface area (Å²) < 4.78 is 60.9. The molecule has 1 fully saturated rings. The molecular formula is C11H10F4O2. The maximum Gasteiger partial charge on any atom is 0.424 e. The SMILES string of the molecule is CCOc1ccc(C2(C(F)(F)F)CO2)cc1F. The second-order valence-corrected chi connectivity index (χ2v) is 3.69. The number of alkyl halides is 3. The van der Waals surface area contributed by atoms with Crippen molar-refractivity contribution in [3.8, 4) is 5.75 Å². The first-order valence-corrected chi connectivity index (χ1v) is 5.04. The summed E-state index contributed by atoms with van der Waals surface area (Å²) in [7, 11) is 0. The van der Waals surface area contributed by atoms with Gasteiger partial charge >= 0.3 is 6.18 Å². The van der Waals surface area contributed by atoms with Gasteiger partial charge in [-0.05, 0) is 24.6 Å². The smallest absolute Gasteiger partial charge is 0.424 e. The van der Waals surface area contributed by atoms with E-state index in [1.54, 1.807) is 6.92 Å². The summed E-state index contributed by atoms with van der Waals surface area (Å²) in [5, 5.41) is 0. The van der Waals surface area contributed by atoms with E-state index in [1.165, 1.54) is 12.1 Å². The second kappa shape index (κ2) is 3.87. The number of ether oxygens (including phenoxy) is 2. The summed E-state index contributed by atoms with van der Waals surface area (Å²) in [4.78, 5) is 0. The summed E-state index contributed by atoms with van der Waals surface area (Å²) in [6.07, 6.45) is -4.54. The van der Waals surface area contributed by atoms with E-state index in [0.717, 1.165) is 6.07 Å². The first-order chi connectivity index (χ1) is 7.90. The van der Waals surface area contributed by atoms with Crippen molar-refractivity contribution in [2.75, 3.05) is 13.2 Å². The Hall–Kier alpha value is -1.30. The van der Waals surface area contributed by atoms with Gasteiger partial charge in [0, 0.05) is 0 Å². The summed E-state index contributed by atoms with van der Waals surface area (Å²) in [6.45, 7) is 1.44. The summed E-state index contributed by atoms with van der Waals surface area (Å²) in [6, 6.07) is 3.17. The lowest BCUT2D eigenvalue weighted by Gasteiger charge is -2.16. The van der Waals surface area contributed by atoms with Crippen LogP contribution in [0.25, 0.3) is 0 Å². The molecule has 0 spiro atoms. The van der Waals surface area contributed by atoms with E-state index in [9.17, 15) is 17.6 Å². The Bertz CT molecular complexity index is 424. The molecule has 1 aliphatic rings. The minimum absolute atomic E-state index is 0.0609. The summed E-state index contributed by atoms with van der Waals surface area (Å²) in [5.74, 6) is -0.877. The van der Waals surface area contributed by atoms with Crippen LogP contribution in [0.4, 0.5) is 17.6 Å². The van der Waals surface area contributed by atoms with Crippen LogP contribution in [0.5, 0.6) is 5.75 Å². The van der Waals surface area contributed by atoms with Crippen LogP contribution in [-0.4, -0.2) is 19.4 Å². The Kier molecular flexibility index (Phi) is 2.77. The predicted molar refractivity (Wildman–Crippen MR) is 51.3 cm³/mol. The molecule has 6 heteroatoms. The topological polar surface area (TPSA) is 21.8 Å². The molecule has 0 radical (unpaired) electrons. The van der Waals surface area contributed by atoms with Crippen LogP contribution >= 0.6 is 0 Å². The maximum absolute atomic E-state index is 13.4. The Morgan fingerprint density at radius 3 is 2.47 bits per heavy atom. The molecule has 0 amide bonds. The monoisotopic (exact) mass is 250 g/mol. The second-order valence-electron chi connectivity index (χ2n) is 3.69. The highest BCUT2D eigenvalue weighted by Crippen LogP contribution is 2.52. The van der Waals surface area contributed by atoms with Crippen molar-refractivity contribution in [1.29, 1.82) is 0 Å². The van der Waals surface area contributed by atoms with Crippen LogP contribution in [0.2, 0.25) is 0 Å². The summed E-state index contributed by atoms with van der Waals surface area (Å²) >= 11 is 0. The van der Waals surface area contributed by atoms with Gasteiger partial charge < -0.3 is 9.47 Å². The molecule has 1 aromatic carbocycles. The lowest BCUT2D eigenvalue weighted by Crippen LogP contribution is -2.30. The number of hydrogen-bond donors (Lipinski definition) is 0. The van der Waals surface area contributed by atoms with Crippen LogP contribution in [0.1, 0.15) is 12.5 Å². The highest BCUT2D eigenvalue weighted by molar-refractivity contribution is 5.36. The molecule has 2 rings (SSSR count). The molecule has 0 aromatic heterocycles. The number of benzene rings is 1. The zero-order valence-electron chi connectivity index (χ0n) is 8.97. The fourth-order valence-corrected chi connectivity index (χ4v) is 1.59. The summed E-state index contributed by atoms with van der Waals surface area (Å²) in [5.41, 5.74) is -2.57.